The summed E-state index contributed by atoms with van der Waals surface area (Å²) in [6.07, 6.45) is 7.67. The Morgan fingerprint density at radius 3 is 2.57 bits per heavy atom. The van der Waals surface area contributed by atoms with Crippen LogP contribution in [0.4, 0.5) is 0 Å². The van der Waals surface area contributed by atoms with Gasteiger partial charge in [0, 0.05) is 24.5 Å². The highest BCUT2D eigenvalue weighted by Gasteiger charge is 2.52. The van der Waals surface area contributed by atoms with Crippen LogP contribution in [0.2, 0.25) is 0 Å². The Balaban J connectivity index is 1.65. The molecule has 0 bridgehead atoms. The Morgan fingerprint density at radius 1 is 1.24 bits per heavy atom. The fourth-order valence-corrected chi connectivity index (χ4v) is 2.74. The van der Waals surface area contributed by atoms with Crippen LogP contribution >= 0.6 is 0 Å². The second-order valence-electron chi connectivity index (χ2n) is 7.07. The molecule has 0 unspecified atom stereocenters. The molecule has 21 heavy (non-hydrogen) atoms. The molecule has 0 aromatic carbocycles. The predicted molar refractivity (Wildman–Crippen MR) is 81.5 cm³/mol. The lowest BCUT2D eigenvalue weighted by Crippen LogP contribution is -2.41. The number of aromatic nitrogens is 2. The molecule has 1 atom stereocenters. The van der Waals surface area contributed by atoms with E-state index in [1.165, 1.54) is 12.8 Å². The van der Waals surface area contributed by atoms with Gasteiger partial charge >= 0.3 is 7.12 Å². The maximum absolute atomic E-state index is 6.05. The highest BCUT2D eigenvalue weighted by Crippen LogP contribution is 2.36. The summed E-state index contributed by atoms with van der Waals surface area (Å²) in [5.74, 6) is 0. The Kier molecular flexibility index (Phi) is 3.88. The van der Waals surface area contributed by atoms with Gasteiger partial charge in [-0.3, -0.25) is 4.68 Å². The summed E-state index contributed by atoms with van der Waals surface area (Å²) in [6, 6.07) is 0. The van der Waals surface area contributed by atoms with E-state index in [-0.39, 0.29) is 24.4 Å². The molecule has 0 aliphatic carbocycles. The molecule has 3 heterocycles. The zero-order chi connectivity index (χ0) is 15.1. The van der Waals surface area contributed by atoms with Crippen molar-refractivity contribution in [2.45, 2.75) is 70.8 Å². The quantitative estimate of drug-likeness (QED) is 0.796. The largest absolute Gasteiger partial charge is 0.498 e. The van der Waals surface area contributed by atoms with Crippen LogP contribution in [0.15, 0.2) is 12.4 Å². The van der Waals surface area contributed by atoms with Crippen LogP contribution in [0, 0.1) is 0 Å². The van der Waals surface area contributed by atoms with E-state index in [9.17, 15) is 0 Å². The van der Waals surface area contributed by atoms with Gasteiger partial charge in [0.05, 0.1) is 23.9 Å². The molecule has 3 rings (SSSR count). The zero-order valence-electron chi connectivity index (χ0n) is 13.5. The SMILES string of the molecule is CC1(C)OB(c2cnn(C[C@@H]3CCCCO3)c2)OC1(C)C. The molecule has 6 heteroatoms. The summed E-state index contributed by atoms with van der Waals surface area (Å²) >= 11 is 0. The molecule has 2 aliphatic rings. The third-order valence-electron chi connectivity index (χ3n) is 4.84. The average Bonchev–Trinajstić information content (AvgIpc) is 2.94. The monoisotopic (exact) mass is 292 g/mol. The summed E-state index contributed by atoms with van der Waals surface area (Å²) in [7, 11) is -0.337. The second-order valence-corrected chi connectivity index (χ2v) is 7.07. The van der Waals surface area contributed by atoms with Gasteiger partial charge in [0.1, 0.15) is 0 Å². The Morgan fingerprint density at radius 2 is 1.95 bits per heavy atom. The van der Waals surface area contributed by atoms with Crippen molar-refractivity contribution in [3.8, 4) is 0 Å². The molecule has 2 fully saturated rings. The number of nitrogens with zero attached hydrogens (tertiary/aromatic N) is 2. The van der Waals surface area contributed by atoms with E-state index in [0.29, 0.717) is 0 Å². The summed E-state index contributed by atoms with van der Waals surface area (Å²) < 4.78 is 19.8. The number of ether oxygens (including phenoxy) is 1. The van der Waals surface area contributed by atoms with Crippen molar-refractivity contribution in [1.29, 1.82) is 0 Å². The molecule has 116 valence electrons. The Hall–Kier alpha value is -0.845. The van der Waals surface area contributed by atoms with Gasteiger partial charge in [-0.15, -0.1) is 0 Å². The lowest BCUT2D eigenvalue weighted by Gasteiger charge is -2.32. The van der Waals surface area contributed by atoms with Gasteiger partial charge in [0.2, 0.25) is 0 Å². The summed E-state index contributed by atoms with van der Waals surface area (Å²) in [5, 5.41) is 4.43. The predicted octanol–water partition coefficient (Wildman–Crippen LogP) is 1.75. The molecule has 0 saturated carbocycles. The molecule has 0 radical (unpaired) electrons. The van der Waals surface area contributed by atoms with Crippen LogP contribution in [0.5, 0.6) is 0 Å². The highest BCUT2D eigenvalue weighted by molar-refractivity contribution is 6.61. The summed E-state index contributed by atoms with van der Waals surface area (Å²) in [6.45, 7) is 9.93. The van der Waals surface area contributed by atoms with Crippen molar-refractivity contribution < 1.29 is 14.0 Å². The van der Waals surface area contributed by atoms with Gasteiger partial charge in [0.25, 0.3) is 0 Å². The lowest BCUT2D eigenvalue weighted by molar-refractivity contribution is 0.00400. The van der Waals surface area contributed by atoms with Crippen molar-refractivity contribution in [3.63, 3.8) is 0 Å². The standard InChI is InChI=1S/C15H25BN2O3/c1-14(2)15(3,4)21-16(20-14)12-9-17-18(10-12)11-13-7-5-6-8-19-13/h9-10,13H,5-8,11H2,1-4H3/t13-/m0/s1. The third-order valence-corrected chi connectivity index (χ3v) is 4.84. The molecule has 2 saturated heterocycles. The van der Waals surface area contributed by atoms with Gasteiger partial charge in [-0.25, -0.2) is 0 Å². The molecule has 0 spiro atoms. The minimum atomic E-state index is -0.337. The van der Waals surface area contributed by atoms with E-state index >= 15 is 0 Å². The van der Waals surface area contributed by atoms with Crippen molar-refractivity contribution >= 4 is 12.6 Å². The minimum absolute atomic E-state index is 0.282. The number of rotatable bonds is 3. The molecule has 0 N–H and O–H groups in total. The molecule has 5 nitrogen and oxygen atoms in total. The minimum Gasteiger partial charge on any atom is -0.399 e. The molecular formula is C15H25BN2O3. The highest BCUT2D eigenvalue weighted by atomic mass is 16.7. The van der Waals surface area contributed by atoms with Crippen LogP contribution in [0.3, 0.4) is 0 Å². The first-order chi connectivity index (χ1) is 9.87. The fraction of sp³-hybridized carbons (Fsp3) is 0.800. The van der Waals surface area contributed by atoms with Gasteiger partial charge in [-0.05, 0) is 47.0 Å². The van der Waals surface area contributed by atoms with Crippen molar-refractivity contribution in [1.82, 2.24) is 9.78 Å². The van der Waals surface area contributed by atoms with Crippen molar-refractivity contribution in [3.05, 3.63) is 12.4 Å². The molecular weight excluding hydrogens is 267 g/mol. The van der Waals surface area contributed by atoms with Gasteiger partial charge in [0.15, 0.2) is 0 Å². The topological polar surface area (TPSA) is 45.5 Å². The van der Waals surface area contributed by atoms with Crippen LogP contribution in [0.1, 0.15) is 47.0 Å². The lowest BCUT2D eigenvalue weighted by atomic mass is 9.82. The van der Waals surface area contributed by atoms with Gasteiger partial charge < -0.3 is 14.0 Å². The third kappa shape index (κ3) is 3.03. The maximum Gasteiger partial charge on any atom is 0.498 e. The van der Waals surface area contributed by atoms with Crippen LogP contribution in [-0.2, 0) is 20.6 Å². The average molecular weight is 292 g/mol. The van der Waals surface area contributed by atoms with Gasteiger partial charge in [-0.2, -0.15) is 5.10 Å². The van der Waals surface area contributed by atoms with Crippen LogP contribution in [0.25, 0.3) is 0 Å². The first kappa shape index (κ1) is 15.1. The van der Waals surface area contributed by atoms with E-state index < -0.39 is 0 Å². The molecule has 1 aromatic heterocycles. The van der Waals surface area contributed by atoms with Crippen molar-refractivity contribution in [2.24, 2.45) is 0 Å². The normalized spacial score (nSPS) is 28.0. The molecule has 1 aromatic rings. The summed E-state index contributed by atoms with van der Waals surface area (Å²) in [5.41, 5.74) is 0.350. The molecule has 0 amide bonds. The van der Waals surface area contributed by atoms with E-state index in [1.807, 2.05) is 17.1 Å². The second kappa shape index (κ2) is 5.41. The zero-order valence-corrected chi connectivity index (χ0v) is 13.5. The Labute approximate surface area is 127 Å². The smallest absolute Gasteiger partial charge is 0.399 e. The van der Waals surface area contributed by atoms with E-state index in [4.69, 9.17) is 14.0 Å². The number of hydrogen-bond donors (Lipinski definition) is 0. The molecule has 2 aliphatic heterocycles. The van der Waals surface area contributed by atoms with E-state index in [2.05, 4.69) is 32.8 Å². The van der Waals surface area contributed by atoms with Crippen LogP contribution in [-0.4, -0.2) is 40.8 Å². The fourth-order valence-electron chi connectivity index (χ4n) is 2.74. The van der Waals surface area contributed by atoms with E-state index in [0.717, 1.165) is 25.0 Å². The van der Waals surface area contributed by atoms with Crippen molar-refractivity contribution in [2.75, 3.05) is 6.61 Å². The number of hydrogen-bond acceptors (Lipinski definition) is 4. The van der Waals surface area contributed by atoms with Crippen LogP contribution < -0.4 is 5.46 Å². The first-order valence-corrected chi connectivity index (χ1v) is 7.87. The Bertz CT molecular complexity index is 479. The van der Waals surface area contributed by atoms with E-state index in [1.54, 1.807) is 0 Å². The maximum atomic E-state index is 6.05. The first-order valence-electron chi connectivity index (χ1n) is 7.87. The summed E-state index contributed by atoms with van der Waals surface area (Å²) in [4.78, 5) is 0. The van der Waals surface area contributed by atoms with Gasteiger partial charge in [-0.1, -0.05) is 0 Å².